The number of aromatic nitrogens is 2. The van der Waals surface area contributed by atoms with Crippen LogP contribution in [-0.2, 0) is 42.1 Å². The van der Waals surface area contributed by atoms with Crippen molar-refractivity contribution in [3.63, 3.8) is 0 Å². The minimum absolute atomic E-state index is 0.0388. The lowest BCUT2D eigenvalue weighted by atomic mass is 10.1. The SMILES string of the molecule is CCOc1ccccc1NC(=O)Cn1c(=O)n(CCc2ccccc2)c(=O)c2c3c(sc21)CN(C(C)=O)CC3. The third-order valence-electron chi connectivity index (χ3n) is 6.88. The van der Waals surface area contributed by atoms with E-state index in [2.05, 4.69) is 5.32 Å². The Hall–Kier alpha value is -4.18. The Morgan fingerprint density at radius 1 is 1.03 bits per heavy atom. The van der Waals surface area contributed by atoms with Crippen molar-refractivity contribution in [3.05, 3.63) is 91.4 Å². The standard InChI is InChI=1S/C29H30N4O5S/c1-3-38-23-12-8-7-11-22(23)30-25(35)18-33-28-26(21-14-15-31(19(2)34)17-24(21)39-28)27(36)32(29(33)37)16-13-20-9-5-4-6-10-20/h4-12H,3,13-18H2,1-2H3,(H,30,35). The molecule has 0 bridgehead atoms. The van der Waals surface area contributed by atoms with Gasteiger partial charge in [-0.15, -0.1) is 11.3 Å². The van der Waals surface area contributed by atoms with Gasteiger partial charge >= 0.3 is 5.69 Å². The highest BCUT2D eigenvalue weighted by Crippen LogP contribution is 2.33. The van der Waals surface area contributed by atoms with Crippen LogP contribution < -0.4 is 21.3 Å². The second-order valence-electron chi connectivity index (χ2n) is 9.41. The van der Waals surface area contributed by atoms with Crippen LogP contribution in [0.3, 0.4) is 0 Å². The molecular formula is C29H30N4O5S. The second-order valence-corrected chi connectivity index (χ2v) is 10.5. The molecule has 2 aromatic carbocycles. The number of amides is 2. The fraction of sp³-hybridized carbons (Fsp3) is 0.310. The molecule has 1 aliphatic rings. The van der Waals surface area contributed by atoms with E-state index in [4.69, 9.17) is 4.74 Å². The normalized spacial score (nSPS) is 12.8. The van der Waals surface area contributed by atoms with Crippen LogP contribution in [0.4, 0.5) is 5.69 Å². The summed E-state index contributed by atoms with van der Waals surface area (Å²) in [6.45, 7) is 4.64. The van der Waals surface area contributed by atoms with Gasteiger partial charge in [-0.2, -0.15) is 0 Å². The zero-order valence-electron chi connectivity index (χ0n) is 21.9. The number of carbonyl (C=O) groups is 2. The molecule has 0 aliphatic carbocycles. The van der Waals surface area contributed by atoms with Crippen molar-refractivity contribution in [3.8, 4) is 5.75 Å². The topological polar surface area (TPSA) is 103 Å². The quantitative estimate of drug-likeness (QED) is 0.365. The molecule has 0 fully saturated rings. The van der Waals surface area contributed by atoms with Gasteiger partial charge in [0.15, 0.2) is 0 Å². The number of aryl methyl sites for hydroxylation is 1. The van der Waals surface area contributed by atoms with E-state index < -0.39 is 11.6 Å². The minimum atomic E-state index is -0.529. The van der Waals surface area contributed by atoms with Gasteiger partial charge in [-0.1, -0.05) is 42.5 Å². The summed E-state index contributed by atoms with van der Waals surface area (Å²) >= 11 is 1.31. The summed E-state index contributed by atoms with van der Waals surface area (Å²) in [5.41, 5.74) is 1.50. The van der Waals surface area contributed by atoms with Crippen LogP contribution >= 0.6 is 11.3 Å². The first-order chi connectivity index (χ1) is 18.9. The van der Waals surface area contributed by atoms with Crippen molar-refractivity contribution in [2.45, 2.75) is 46.3 Å². The first-order valence-corrected chi connectivity index (χ1v) is 13.8. The van der Waals surface area contributed by atoms with Gasteiger partial charge in [0, 0.05) is 24.9 Å². The van der Waals surface area contributed by atoms with E-state index in [0.29, 0.717) is 54.2 Å². The number of para-hydroxylation sites is 2. The zero-order chi connectivity index (χ0) is 27.5. The molecule has 0 saturated carbocycles. The number of carbonyl (C=O) groups excluding carboxylic acids is 2. The molecule has 10 heteroatoms. The summed E-state index contributed by atoms with van der Waals surface area (Å²) in [6.07, 6.45) is 1.02. The first-order valence-electron chi connectivity index (χ1n) is 13.0. The van der Waals surface area contributed by atoms with E-state index in [0.717, 1.165) is 16.0 Å². The highest BCUT2D eigenvalue weighted by molar-refractivity contribution is 7.18. The van der Waals surface area contributed by atoms with Gasteiger partial charge in [-0.3, -0.25) is 23.5 Å². The molecule has 39 heavy (non-hydrogen) atoms. The maximum Gasteiger partial charge on any atom is 0.332 e. The molecule has 0 radical (unpaired) electrons. The van der Waals surface area contributed by atoms with Gasteiger partial charge in [0.25, 0.3) is 5.56 Å². The van der Waals surface area contributed by atoms with Crippen LogP contribution in [-0.4, -0.2) is 39.0 Å². The predicted octanol–water partition coefficient (Wildman–Crippen LogP) is 3.41. The van der Waals surface area contributed by atoms with Crippen LogP contribution in [0.5, 0.6) is 5.75 Å². The van der Waals surface area contributed by atoms with E-state index >= 15 is 0 Å². The second kappa shape index (κ2) is 11.3. The lowest BCUT2D eigenvalue weighted by Gasteiger charge is -2.25. The fourth-order valence-electron chi connectivity index (χ4n) is 4.93. The van der Waals surface area contributed by atoms with E-state index in [1.165, 1.54) is 27.4 Å². The van der Waals surface area contributed by atoms with Gasteiger partial charge in [0.1, 0.15) is 17.1 Å². The van der Waals surface area contributed by atoms with Crippen molar-refractivity contribution in [2.24, 2.45) is 0 Å². The summed E-state index contributed by atoms with van der Waals surface area (Å²) in [5, 5.41) is 3.32. The molecule has 2 aromatic heterocycles. The van der Waals surface area contributed by atoms with E-state index in [9.17, 15) is 19.2 Å². The zero-order valence-corrected chi connectivity index (χ0v) is 22.8. The number of hydrogen-bond acceptors (Lipinski definition) is 6. The number of ether oxygens (including phenoxy) is 1. The lowest BCUT2D eigenvalue weighted by Crippen LogP contribution is -2.42. The molecule has 4 aromatic rings. The minimum Gasteiger partial charge on any atom is -0.492 e. The molecule has 9 nitrogen and oxygen atoms in total. The average Bonchev–Trinajstić information content (AvgIpc) is 3.32. The van der Waals surface area contributed by atoms with E-state index in [1.807, 2.05) is 43.3 Å². The number of anilines is 1. The highest BCUT2D eigenvalue weighted by Gasteiger charge is 2.27. The number of nitrogens with zero attached hydrogens (tertiary/aromatic N) is 3. The van der Waals surface area contributed by atoms with Crippen LogP contribution in [0.1, 0.15) is 29.9 Å². The molecule has 0 spiro atoms. The Bertz CT molecular complexity index is 1650. The molecule has 1 aliphatic heterocycles. The van der Waals surface area contributed by atoms with Crippen molar-refractivity contribution in [1.29, 1.82) is 0 Å². The van der Waals surface area contributed by atoms with Crippen molar-refractivity contribution >= 4 is 39.1 Å². The third kappa shape index (κ3) is 5.37. The molecule has 1 N–H and O–H groups in total. The van der Waals surface area contributed by atoms with Crippen molar-refractivity contribution < 1.29 is 14.3 Å². The Labute approximate surface area is 229 Å². The molecule has 0 saturated heterocycles. The Morgan fingerprint density at radius 3 is 2.51 bits per heavy atom. The summed E-state index contributed by atoms with van der Waals surface area (Å²) < 4.78 is 8.24. The molecule has 0 atom stereocenters. The monoisotopic (exact) mass is 546 g/mol. The van der Waals surface area contributed by atoms with Crippen LogP contribution in [0.2, 0.25) is 0 Å². The predicted molar refractivity (Wildman–Crippen MR) is 152 cm³/mol. The molecule has 202 valence electrons. The maximum atomic E-state index is 13.7. The fourth-order valence-corrected chi connectivity index (χ4v) is 6.28. The maximum absolute atomic E-state index is 13.7. The highest BCUT2D eigenvalue weighted by atomic mass is 32.1. The molecule has 2 amide bonds. The Morgan fingerprint density at radius 2 is 1.77 bits per heavy atom. The smallest absolute Gasteiger partial charge is 0.332 e. The van der Waals surface area contributed by atoms with Crippen molar-refractivity contribution in [2.75, 3.05) is 18.5 Å². The number of hydrogen-bond donors (Lipinski definition) is 1. The summed E-state index contributed by atoms with van der Waals surface area (Å²) in [7, 11) is 0. The van der Waals surface area contributed by atoms with Gasteiger partial charge in [0.2, 0.25) is 11.8 Å². The Balaban J connectivity index is 1.56. The van der Waals surface area contributed by atoms with Gasteiger partial charge in [-0.25, -0.2) is 4.79 Å². The molecular weight excluding hydrogens is 516 g/mol. The number of fused-ring (bicyclic) bond motifs is 3. The Kier molecular flexibility index (Phi) is 7.65. The summed E-state index contributed by atoms with van der Waals surface area (Å²) in [5.74, 6) is 0.0910. The summed E-state index contributed by atoms with van der Waals surface area (Å²) in [4.78, 5) is 55.8. The third-order valence-corrected chi connectivity index (χ3v) is 8.12. The largest absolute Gasteiger partial charge is 0.492 e. The van der Waals surface area contributed by atoms with Gasteiger partial charge in [-0.05, 0) is 43.0 Å². The summed E-state index contributed by atoms with van der Waals surface area (Å²) in [6, 6.07) is 16.8. The van der Waals surface area contributed by atoms with Crippen LogP contribution in [0, 0.1) is 0 Å². The number of rotatable bonds is 8. The first kappa shape index (κ1) is 26.4. The van der Waals surface area contributed by atoms with Gasteiger partial charge < -0.3 is 15.0 Å². The van der Waals surface area contributed by atoms with E-state index in [-0.39, 0.29) is 24.6 Å². The number of nitrogens with one attached hydrogen (secondary N) is 1. The van der Waals surface area contributed by atoms with Gasteiger partial charge in [0.05, 0.1) is 24.2 Å². The lowest BCUT2D eigenvalue weighted by molar-refractivity contribution is -0.129. The molecule has 0 unspecified atom stereocenters. The van der Waals surface area contributed by atoms with Crippen LogP contribution in [0.15, 0.2) is 64.2 Å². The molecule has 5 rings (SSSR count). The number of benzene rings is 2. The number of thiophene rings is 1. The van der Waals surface area contributed by atoms with Crippen molar-refractivity contribution in [1.82, 2.24) is 14.0 Å². The average molecular weight is 547 g/mol. The van der Waals surface area contributed by atoms with E-state index in [1.54, 1.807) is 23.1 Å². The van der Waals surface area contributed by atoms with Crippen LogP contribution in [0.25, 0.3) is 10.2 Å². The molecule has 3 heterocycles.